The van der Waals surface area contributed by atoms with E-state index in [4.69, 9.17) is 37.4 Å². The highest BCUT2D eigenvalue weighted by Gasteiger charge is 2.04. The molecule has 0 aromatic carbocycles. The van der Waals surface area contributed by atoms with Crippen LogP contribution < -0.4 is 0 Å². The Morgan fingerprint density at radius 3 is 1.78 bits per heavy atom. The van der Waals surface area contributed by atoms with Gasteiger partial charge in [0.15, 0.2) is 0 Å². The maximum absolute atomic E-state index is 5.72. The first kappa shape index (κ1) is 18.5. The van der Waals surface area contributed by atoms with Gasteiger partial charge in [-0.05, 0) is 18.8 Å². The van der Waals surface area contributed by atoms with E-state index in [9.17, 15) is 0 Å². The molecule has 0 heterocycles. The van der Waals surface area contributed by atoms with Crippen LogP contribution in [0.4, 0.5) is 0 Å². The van der Waals surface area contributed by atoms with E-state index in [0.717, 1.165) is 19.4 Å². The number of hydrogen-bond donors (Lipinski definition) is 0. The molecule has 110 valence electrons. The first-order valence-electron chi connectivity index (χ1n) is 6.70. The van der Waals surface area contributed by atoms with Gasteiger partial charge in [0.25, 0.3) is 0 Å². The van der Waals surface area contributed by atoms with E-state index < -0.39 is 0 Å². The van der Waals surface area contributed by atoms with Gasteiger partial charge in [0.05, 0.1) is 26.4 Å². The van der Waals surface area contributed by atoms with Gasteiger partial charge in [-0.2, -0.15) is 0 Å². The smallest absolute Gasteiger partial charge is 0.0701 e. The first-order chi connectivity index (χ1) is 8.85. The molecule has 0 fully saturated rings. The fourth-order valence-electron chi connectivity index (χ4n) is 1.23. The van der Waals surface area contributed by atoms with Crippen molar-refractivity contribution in [3.63, 3.8) is 0 Å². The standard InChI is InChI=1S/C13H26Cl2O3/c1-2-3-5-16-7-9-18-10-8-17-6-4-13(11-14)12-15/h13H,2-12H2,1H3. The lowest BCUT2D eigenvalue weighted by Gasteiger charge is -2.10. The lowest BCUT2D eigenvalue weighted by Crippen LogP contribution is -2.12. The van der Waals surface area contributed by atoms with Crippen LogP contribution in [0.25, 0.3) is 0 Å². The van der Waals surface area contributed by atoms with Gasteiger partial charge in [-0.1, -0.05) is 13.3 Å². The summed E-state index contributed by atoms with van der Waals surface area (Å²) in [6, 6.07) is 0. The van der Waals surface area contributed by atoms with Gasteiger partial charge in [0, 0.05) is 25.0 Å². The van der Waals surface area contributed by atoms with Crippen molar-refractivity contribution < 1.29 is 14.2 Å². The Labute approximate surface area is 121 Å². The normalized spacial score (nSPS) is 11.3. The summed E-state index contributed by atoms with van der Waals surface area (Å²) in [7, 11) is 0. The topological polar surface area (TPSA) is 27.7 Å². The number of halogens is 2. The average Bonchev–Trinajstić information content (AvgIpc) is 2.40. The Hall–Kier alpha value is 0.460. The highest BCUT2D eigenvalue weighted by molar-refractivity contribution is 6.20. The monoisotopic (exact) mass is 300 g/mol. The number of unbranched alkanes of at least 4 members (excludes halogenated alkanes) is 1. The minimum atomic E-state index is 0.348. The van der Waals surface area contributed by atoms with E-state index >= 15 is 0 Å². The molecular formula is C13H26Cl2O3. The number of ether oxygens (including phenoxy) is 3. The molecule has 0 aromatic heterocycles. The van der Waals surface area contributed by atoms with Crippen molar-refractivity contribution in [3.8, 4) is 0 Å². The summed E-state index contributed by atoms with van der Waals surface area (Å²) in [6.07, 6.45) is 3.19. The SMILES string of the molecule is CCCCOCCOCCOCCC(CCl)CCl. The van der Waals surface area contributed by atoms with Gasteiger partial charge in [-0.25, -0.2) is 0 Å². The number of hydrogen-bond acceptors (Lipinski definition) is 3. The van der Waals surface area contributed by atoms with Crippen molar-refractivity contribution in [2.45, 2.75) is 26.2 Å². The van der Waals surface area contributed by atoms with Crippen molar-refractivity contribution in [1.82, 2.24) is 0 Å². The van der Waals surface area contributed by atoms with E-state index in [-0.39, 0.29) is 0 Å². The van der Waals surface area contributed by atoms with Crippen LogP contribution in [-0.4, -0.2) is 51.4 Å². The second-order valence-corrected chi connectivity index (χ2v) is 4.77. The van der Waals surface area contributed by atoms with Crippen LogP contribution in [0.3, 0.4) is 0 Å². The molecule has 0 aliphatic carbocycles. The third-order valence-corrected chi connectivity index (χ3v) is 3.37. The van der Waals surface area contributed by atoms with Crippen molar-refractivity contribution in [2.24, 2.45) is 5.92 Å². The molecule has 3 nitrogen and oxygen atoms in total. The molecule has 0 aliphatic heterocycles. The zero-order valence-electron chi connectivity index (χ0n) is 11.3. The van der Waals surface area contributed by atoms with Crippen LogP contribution in [0.2, 0.25) is 0 Å². The maximum atomic E-state index is 5.72. The van der Waals surface area contributed by atoms with E-state index in [0.29, 0.717) is 50.7 Å². The molecule has 0 radical (unpaired) electrons. The van der Waals surface area contributed by atoms with Gasteiger partial charge < -0.3 is 14.2 Å². The van der Waals surface area contributed by atoms with Gasteiger partial charge in [0.1, 0.15) is 0 Å². The quantitative estimate of drug-likeness (QED) is 0.364. The summed E-state index contributed by atoms with van der Waals surface area (Å²) in [6.45, 7) is 6.21. The second-order valence-electron chi connectivity index (χ2n) is 4.15. The second kappa shape index (κ2) is 15.5. The minimum absolute atomic E-state index is 0.348. The molecule has 0 N–H and O–H groups in total. The zero-order valence-corrected chi connectivity index (χ0v) is 12.8. The molecule has 0 amide bonds. The molecular weight excluding hydrogens is 275 g/mol. The minimum Gasteiger partial charge on any atom is -0.379 e. The largest absolute Gasteiger partial charge is 0.379 e. The summed E-state index contributed by atoms with van der Waals surface area (Å²) < 4.78 is 16.2. The van der Waals surface area contributed by atoms with Crippen molar-refractivity contribution in [1.29, 1.82) is 0 Å². The zero-order chi connectivity index (χ0) is 13.5. The van der Waals surface area contributed by atoms with E-state index in [1.54, 1.807) is 0 Å². The lowest BCUT2D eigenvalue weighted by atomic mass is 10.1. The van der Waals surface area contributed by atoms with E-state index in [1.165, 1.54) is 6.42 Å². The number of rotatable bonds is 14. The Bertz CT molecular complexity index is 155. The highest BCUT2D eigenvalue weighted by Crippen LogP contribution is 2.07. The van der Waals surface area contributed by atoms with Crippen molar-refractivity contribution in [3.05, 3.63) is 0 Å². The summed E-state index contributed by atoms with van der Waals surface area (Å²) in [4.78, 5) is 0. The van der Waals surface area contributed by atoms with E-state index in [2.05, 4.69) is 6.92 Å². The van der Waals surface area contributed by atoms with Gasteiger partial charge in [-0.3, -0.25) is 0 Å². The van der Waals surface area contributed by atoms with Crippen molar-refractivity contribution in [2.75, 3.05) is 51.4 Å². The Morgan fingerprint density at radius 2 is 1.28 bits per heavy atom. The predicted molar refractivity (Wildman–Crippen MR) is 76.9 cm³/mol. The fourth-order valence-corrected chi connectivity index (χ4v) is 1.87. The summed E-state index contributed by atoms with van der Waals surface area (Å²) >= 11 is 11.4. The molecule has 0 spiro atoms. The molecule has 0 aromatic rings. The first-order valence-corrected chi connectivity index (χ1v) is 7.77. The molecule has 18 heavy (non-hydrogen) atoms. The van der Waals surface area contributed by atoms with Crippen molar-refractivity contribution >= 4 is 23.2 Å². The molecule has 0 bridgehead atoms. The third kappa shape index (κ3) is 12.9. The molecule has 0 saturated carbocycles. The average molecular weight is 301 g/mol. The van der Waals surface area contributed by atoms with Gasteiger partial charge in [0.2, 0.25) is 0 Å². The van der Waals surface area contributed by atoms with Crippen LogP contribution in [0.5, 0.6) is 0 Å². The van der Waals surface area contributed by atoms with E-state index in [1.807, 2.05) is 0 Å². The molecule has 0 rings (SSSR count). The van der Waals surface area contributed by atoms with Gasteiger partial charge in [-0.15, -0.1) is 23.2 Å². The third-order valence-electron chi connectivity index (χ3n) is 2.49. The summed E-state index contributed by atoms with van der Waals surface area (Å²) in [5.74, 6) is 1.54. The Balaban J connectivity index is 3.03. The van der Waals surface area contributed by atoms with Gasteiger partial charge >= 0.3 is 0 Å². The molecule has 0 aliphatic rings. The van der Waals surface area contributed by atoms with Crippen LogP contribution >= 0.6 is 23.2 Å². The molecule has 0 unspecified atom stereocenters. The summed E-state index contributed by atoms with van der Waals surface area (Å²) in [5, 5.41) is 0. The molecule has 5 heteroatoms. The van der Waals surface area contributed by atoms with Crippen LogP contribution in [0, 0.1) is 5.92 Å². The Kier molecular flexibility index (Phi) is 15.9. The highest BCUT2D eigenvalue weighted by atomic mass is 35.5. The number of alkyl halides is 2. The van der Waals surface area contributed by atoms with Crippen LogP contribution in [-0.2, 0) is 14.2 Å². The van der Waals surface area contributed by atoms with Crippen LogP contribution in [0.15, 0.2) is 0 Å². The maximum Gasteiger partial charge on any atom is 0.0701 e. The Morgan fingerprint density at radius 1 is 0.778 bits per heavy atom. The molecule has 0 atom stereocenters. The fraction of sp³-hybridized carbons (Fsp3) is 1.00. The molecule has 0 saturated heterocycles. The van der Waals surface area contributed by atoms with Crippen LogP contribution in [0.1, 0.15) is 26.2 Å². The summed E-state index contributed by atoms with van der Waals surface area (Å²) in [5.41, 5.74) is 0. The predicted octanol–water partition coefficient (Wildman–Crippen LogP) is 3.32. The lowest BCUT2D eigenvalue weighted by molar-refractivity contribution is 0.0125.